The molecule has 2 aromatic rings. The van der Waals surface area contributed by atoms with Gasteiger partial charge in [0.15, 0.2) is 16.1 Å². The van der Waals surface area contributed by atoms with Crippen LogP contribution in [-0.4, -0.2) is 50.4 Å². The fourth-order valence-electron chi connectivity index (χ4n) is 7.53. The number of aliphatic imine (C=N–C) groups is 2. The normalized spacial score (nSPS) is 23.0. The number of allylic oxidation sites excluding steroid dienone is 2. The van der Waals surface area contributed by atoms with Crippen LogP contribution in [0.2, 0.25) is 0 Å². The van der Waals surface area contributed by atoms with Crippen LogP contribution >= 0.6 is 23.5 Å². The number of hydrogen-bond acceptors (Lipinski definition) is 8. The van der Waals surface area contributed by atoms with Crippen LogP contribution in [0.4, 0.5) is 5.82 Å². The number of amidine groups is 2. The van der Waals surface area contributed by atoms with Crippen LogP contribution in [0.25, 0.3) is 0 Å². The number of rotatable bonds is 11. The number of ketones is 1. The second-order valence-corrected chi connectivity index (χ2v) is 16.5. The van der Waals surface area contributed by atoms with Gasteiger partial charge < -0.3 is 4.90 Å². The Labute approximate surface area is 295 Å². The fraction of sp³-hybridized carbons (Fsp3) is 0.564. The zero-order valence-corrected chi connectivity index (χ0v) is 30.3. The third kappa shape index (κ3) is 9.84. The van der Waals surface area contributed by atoms with Gasteiger partial charge in [0.05, 0.1) is 6.04 Å². The first kappa shape index (κ1) is 34.9. The maximum absolute atomic E-state index is 13.0. The topological polar surface area (TPSA) is 90.8 Å². The zero-order valence-electron chi connectivity index (χ0n) is 28.7. The lowest BCUT2D eigenvalue weighted by atomic mass is 9.86. The zero-order chi connectivity index (χ0) is 33.3. The number of anilines is 1. The summed E-state index contributed by atoms with van der Waals surface area (Å²) in [5, 5.41) is 9.05. The van der Waals surface area contributed by atoms with E-state index < -0.39 is 0 Å². The summed E-state index contributed by atoms with van der Waals surface area (Å²) in [6.07, 6.45) is 23.3. The van der Waals surface area contributed by atoms with E-state index in [0.29, 0.717) is 34.9 Å². The Morgan fingerprint density at radius 1 is 0.958 bits per heavy atom. The summed E-state index contributed by atoms with van der Waals surface area (Å²) in [7, 11) is 2.00. The number of carbonyl (C=O) groups excluding carboxylic acids is 2. The summed E-state index contributed by atoms with van der Waals surface area (Å²) in [4.78, 5) is 38.8. The predicted octanol–water partition coefficient (Wildman–Crippen LogP) is 9.43. The van der Waals surface area contributed by atoms with Crippen molar-refractivity contribution in [2.75, 3.05) is 11.9 Å². The quantitative estimate of drug-likeness (QED) is 0.237. The summed E-state index contributed by atoms with van der Waals surface area (Å²) in [6, 6.07) is 10.6. The summed E-state index contributed by atoms with van der Waals surface area (Å²) in [6.45, 7) is 2.00. The largest absolute Gasteiger partial charge is 0.312 e. The Hall–Kier alpha value is -2.91. The molecule has 4 aliphatic rings. The lowest BCUT2D eigenvalue weighted by Crippen LogP contribution is -2.36. The SMILES string of the molecule is Cc1cc(N(C)C2=NC(Sc3ccc(CCC(=O)CC4CCCC(SC(=O)CCC5CCCCC5)CC4)cc3)=NC3CC=CC=C23)n[nH]1. The number of likely N-dealkylation sites (N-methyl/N-ethyl adjacent to an activating group) is 1. The Morgan fingerprint density at radius 3 is 2.56 bits per heavy atom. The van der Waals surface area contributed by atoms with Crippen LogP contribution in [0.5, 0.6) is 0 Å². The molecule has 256 valence electrons. The molecule has 2 heterocycles. The molecule has 3 atom stereocenters. The number of nitrogens with one attached hydrogen (secondary N) is 1. The van der Waals surface area contributed by atoms with E-state index in [9.17, 15) is 9.59 Å². The van der Waals surface area contributed by atoms with Gasteiger partial charge in [0.25, 0.3) is 0 Å². The van der Waals surface area contributed by atoms with Crippen molar-refractivity contribution in [2.24, 2.45) is 21.8 Å². The van der Waals surface area contributed by atoms with Gasteiger partial charge in [-0.2, -0.15) is 5.10 Å². The molecule has 0 bridgehead atoms. The van der Waals surface area contributed by atoms with Gasteiger partial charge in [0.2, 0.25) is 0 Å². The molecule has 1 N–H and O–H groups in total. The molecule has 1 aromatic carbocycles. The molecule has 1 aromatic heterocycles. The van der Waals surface area contributed by atoms with Gasteiger partial charge in [0.1, 0.15) is 11.6 Å². The number of hydrogen-bond donors (Lipinski definition) is 1. The highest BCUT2D eigenvalue weighted by Crippen LogP contribution is 2.35. The van der Waals surface area contributed by atoms with Crippen LogP contribution in [0.1, 0.15) is 108 Å². The Balaban J connectivity index is 0.943. The molecule has 2 fully saturated rings. The highest BCUT2D eigenvalue weighted by atomic mass is 32.2. The monoisotopic (exact) mass is 685 g/mol. The first-order valence-corrected chi connectivity index (χ1v) is 19.9. The van der Waals surface area contributed by atoms with Crippen molar-refractivity contribution in [1.82, 2.24) is 10.2 Å². The Kier molecular flexibility index (Phi) is 12.5. The van der Waals surface area contributed by atoms with Gasteiger partial charge in [-0.05, 0) is 81.4 Å². The lowest BCUT2D eigenvalue weighted by Gasteiger charge is -2.29. The van der Waals surface area contributed by atoms with Gasteiger partial charge >= 0.3 is 0 Å². The van der Waals surface area contributed by atoms with Crippen molar-refractivity contribution in [1.29, 1.82) is 0 Å². The molecule has 3 unspecified atom stereocenters. The third-order valence-electron chi connectivity index (χ3n) is 10.4. The molecule has 3 aliphatic carbocycles. The molecule has 7 nitrogen and oxygen atoms in total. The highest BCUT2D eigenvalue weighted by molar-refractivity contribution is 8.14. The fourth-order valence-corrected chi connectivity index (χ4v) is 9.47. The molecule has 0 amide bonds. The lowest BCUT2D eigenvalue weighted by molar-refractivity contribution is -0.120. The Morgan fingerprint density at radius 2 is 1.77 bits per heavy atom. The number of aromatic nitrogens is 2. The molecule has 2 saturated carbocycles. The summed E-state index contributed by atoms with van der Waals surface area (Å²) < 4.78 is 0. The van der Waals surface area contributed by atoms with Crippen LogP contribution in [-0.2, 0) is 16.0 Å². The second-order valence-electron chi connectivity index (χ2n) is 14.1. The van der Waals surface area contributed by atoms with E-state index in [4.69, 9.17) is 9.98 Å². The average molecular weight is 686 g/mol. The predicted molar refractivity (Wildman–Crippen MR) is 201 cm³/mol. The van der Waals surface area contributed by atoms with E-state index in [1.807, 2.05) is 24.9 Å². The molecule has 9 heteroatoms. The van der Waals surface area contributed by atoms with Crippen molar-refractivity contribution in [3.63, 3.8) is 0 Å². The van der Waals surface area contributed by atoms with Crippen LogP contribution in [0.15, 0.2) is 69.0 Å². The number of H-pyrrole nitrogens is 1. The number of aromatic amines is 1. The summed E-state index contributed by atoms with van der Waals surface area (Å²) in [5.74, 6) is 3.32. The highest BCUT2D eigenvalue weighted by Gasteiger charge is 2.29. The Bertz CT molecular complexity index is 1540. The minimum Gasteiger partial charge on any atom is -0.312 e. The number of aryl methyl sites for hydroxylation is 2. The first-order valence-electron chi connectivity index (χ1n) is 18.2. The van der Waals surface area contributed by atoms with Crippen LogP contribution < -0.4 is 4.90 Å². The van der Waals surface area contributed by atoms with E-state index in [0.717, 1.165) is 96.7 Å². The van der Waals surface area contributed by atoms with Crippen LogP contribution in [0.3, 0.4) is 0 Å². The smallest absolute Gasteiger partial charge is 0.190 e. The van der Waals surface area contributed by atoms with Gasteiger partial charge in [-0.1, -0.05) is 92.4 Å². The van der Waals surface area contributed by atoms with Crippen LogP contribution in [0, 0.1) is 18.8 Å². The van der Waals surface area contributed by atoms with Crippen molar-refractivity contribution in [3.05, 3.63) is 65.4 Å². The van der Waals surface area contributed by atoms with Crippen molar-refractivity contribution < 1.29 is 9.59 Å². The summed E-state index contributed by atoms with van der Waals surface area (Å²) >= 11 is 3.20. The number of carbonyl (C=O) groups is 2. The van der Waals surface area contributed by atoms with Gasteiger partial charge in [-0.3, -0.25) is 19.7 Å². The number of benzene rings is 1. The molecule has 0 radical (unpaired) electrons. The molecule has 48 heavy (non-hydrogen) atoms. The maximum Gasteiger partial charge on any atom is 0.190 e. The van der Waals surface area contributed by atoms with Crippen molar-refractivity contribution in [2.45, 2.75) is 126 Å². The summed E-state index contributed by atoms with van der Waals surface area (Å²) in [5.41, 5.74) is 3.30. The third-order valence-corrected chi connectivity index (χ3v) is 12.5. The van der Waals surface area contributed by atoms with E-state index in [2.05, 4.69) is 52.7 Å². The minimum atomic E-state index is 0.0503. The number of fused-ring (bicyclic) bond motifs is 1. The average Bonchev–Trinajstić information content (AvgIpc) is 3.43. The molecule has 0 saturated heterocycles. The molecule has 1 aliphatic heterocycles. The maximum atomic E-state index is 13.0. The van der Waals surface area contributed by atoms with E-state index in [-0.39, 0.29) is 6.04 Å². The van der Waals surface area contributed by atoms with Crippen molar-refractivity contribution >= 4 is 51.2 Å². The molecule has 6 rings (SSSR count). The van der Waals surface area contributed by atoms with E-state index in [1.54, 1.807) is 23.5 Å². The molecular formula is C39H51N5O2S2. The van der Waals surface area contributed by atoms with Gasteiger partial charge in [-0.25, -0.2) is 4.99 Å². The minimum absolute atomic E-state index is 0.0503. The standard InChI is InChI=1S/C39H51N5O2S2/c1-27-25-36(43-42-27)44(2)38-34-13-6-7-14-35(34)40-39(41-38)48-33-21-16-29(17-22-33)15-20-31(45)26-30-11-8-12-32(23-18-30)47-37(46)24-19-28-9-4-3-5-10-28/h6-7,13,16-17,21-22,25,28,30,32,35H,3-5,8-12,14-15,18-20,23-24,26H2,1-2H3,(H,42,43). The molecule has 0 spiro atoms. The van der Waals surface area contributed by atoms with Crippen molar-refractivity contribution in [3.8, 4) is 0 Å². The molecular weight excluding hydrogens is 635 g/mol. The van der Waals surface area contributed by atoms with E-state index in [1.165, 1.54) is 37.7 Å². The van der Waals surface area contributed by atoms with E-state index >= 15 is 0 Å². The van der Waals surface area contributed by atoms with Gasteiger partial charge in [-0.15, -0.1) is 0 Å². The van der Waals surface area contributed by atoms with Gasteiger partial charge in [0, 0.05) is 53.8 Å². The number of thioether (sulfide) groups is 2. The first-order chi connectivity index (χ1) is 23.4. The number of Topliss-reactive ketones (excluding diaryl/α,β-unsaturated/α-hetero) is 1. The second kappa shape index (κ2) is 17.1. The number of nitrogens with zero attached hydrogens (tertiary/aromatic N) is 4.